The monoisotopic (exact) mass is 309 g/mol. The molecule has 0 amide bonds. The minimum absolute atomic E-state index is 1.02. The molecule has 0 saturated carbocycles. The van der Waals surface area contributed by atoms with E-state index in [4.69, 9.17) is 0 Å². The maximum Gasteiger partial charge on any atom is 0.0931 e. The highest BCUT2D eigenvalue weighted by Crippen LogP contribution is 2.31. The molecule has 0 spiro atoms. The van der Waals surface area contributed by atoms with E-state index in [1.807, 2.05) is 0 Å². The lowest BCUT2D eigenvalue weighted by Crippen LogP contribution is -2.29. The van der Waals surface area contributed by atoms with Gasteiger partial charge < -0.3 is 9.88 Å². The second kappa shape index (κ2) is 6.05. The van der Waals surface area contributed by atoms with E-state index in [1.54, 1.807) is 18.1 Å². The molecule has 1 N–H and O–H groups in total. The zero-order valence-corrected chi connectivity index (χ0v) is 13.3. The van der Waals surface area contributed by atoms with Crippen molar-refractivity contribution in [1.82, 2.24) is 9.97 Å². The van der Waals surface area contributed by atoms with E-state index in [9.17, 15) is 0 Å². The molecule has 2 aromatic carbocycles. The van der Waals surface area contributed by atoms with E-state index in [0.717, 1.165) is 11.0 Å². The van der Waals surface area contributed by atoms with Crippen LogP contribution in [0.1, 0.15) is 19.3 Å². The zero-order valence-electron chi connectivity index (χ0n) is 12.5. The first-order valence-corrected chi connectivity index (χ1v) is 8.66. The van der Waals surface area contributed by atoms with Gasteiger partial charge in [-0.3, -0.25) is 0 Å². The van der Waals surface area contributed by atoms with Gasteiger partial charge in [0, 0.05) is 28.6 Å². The van der Waals surface area contributed by atoms with Crippen molar-refractivity contribution in [3.63, 3.8) is 0 Å². The summed E-state index contributed by atoms with van der Waals surface area (Å²) in [5.41, 5.74) is 3.46. The highest BCUT2D eigenvalue weighted by Gasteiger charge is 2.10. The standard InChI is InChI=1S/C18H19N3S/c1-2-10-21(11-3-1)14-4-6-15(7-5-14)22-16-8-9-17-18(12-16)20-13-19-17/h4-9,12-13H,1-3,10-11H2,(H,19,20). The van der Waals surface area contributed by atoms with E-state index < -0.39 is 0 Å². The lowest BCUT2D eigenvalue weighted by Gasteiger charge is -2.28. The number of hydrogen-bond donors (Lipinski definition) is 1. The van der Waals surface area contributed by atoms with Crippen molar-refractivity contribution in [2.24, 2.45) is 0 Å². The number of benzene rings is 2. The van der Waals surface area contributed by atoms with Crippen LogP contribution in [0.25, 0.3) is 11.0 Å². The molecule has 0 atom stereocenters. The zero-order chi connectivity index (χ0) is 14.8. The maximum atomic E-state index is 4.32. The van der Waals surface area contributed by atoms with Gasteiger partial charge in [-0.25, -0.2) is 4.98 Å². The Hall–Kier alpha value is -1.94. The minimum Gasteiger partial charge on any atom is -0.372 e. The normalized spacial score (nSPS) is 15.4. The molecule has 4 heteroatoms. The van der Waals surface area contributed by atoms with Crippen LogP contribution in [-0.4, -0.2) is 23.1 Å². The van der Waals surface area contributed by atoms with Crippen LogP contribution in [0.4, 0.5) is 5.69 Å². The van der Waals surface area contributed by atoms with Crippen molar-refractivity contribution in [2.45, 2.75) is 29.1 Å². The van der Waals surface area contributed by atoms with Crippen LogP contribution in [-0.2, 0) is 0 Å². The van der Waals surface area contributed by atoms with E-state index in [2.05, 4.69) is 57.3 Å². The van der Waals surface area contributed by atoms with Crippen molar-refractivity contribution >= 4 is 28.5 Å². The Kier molecular flexibility index (Phi) is 3.77. The third-order valence-corrected chi connectivity index (χ3v) is 5.18. The number of H-pyrrole nitrogens is 1. The summed E-state index contributed by atoms with van der Waals surface area (Å²) in [7, 11) is 0. The summed E-state index contributed by atoms with van der Waals surface area (Å²) >= 11 is 1.79. The Bertz CT molecular complexity index is 757. The fraction of sp³-hybridized carbons (Fsp3) is 0.278. The molecule has 0 unspecified atom stereocenters. The third kappa shape index (κ3) is 2.83. The van der Waals surface area contributed by atoms with Crippen molar-refractivity contribution < 1.29 is 0 Å². The van der Waals surface area contributed by atoms with Crippen molar-refractivity contribution in [3.05, 3.63) is 48.8 Å². The number of nitrogens with one attached hydrogen (secondary N) is 1. The number of fused-ring (bicyclic) bond motifs is 1. The Morgan fingerprint density at radius 3 is 2.50 bits per heavy atom. The summed E-state index contributed by atoms with van der Waals surface area (Å²) < 4.78 is 0. The SMILES string of the molecule is c1nc2cc(Sc3ccc(N4CCCCC4)cc3)ccc2[nH]1. The summed E-state index contributed by atoms with van der Waals surface area (Å²) in [4.78, 5) is 12.4. The summed E-state index contributed by atoms with van der Waals surface area (Å²) in [6, 6.07) is 15.3. The molecule has 1 aliphatic rings. The Labute approximate surface area is 134 Å². The van der Waals surface area contributed by atoms with Crippen molar-refractivity contribution in [1.29, 1.82) is 0 Å². The summed E-state index contributed by atoms with van der Waals surface area (Å²) in [6.45, 7) is 2.39. The first kappa shape index (κ1) is 13.7. The predicted octanol–water partition coefficient (Wildman–Crippen LogP) is 4.70. The van der Waals surface area contributed by atoms with Gasteiger partial charge in [-0.15, -0.1) is 0 Å². The molecular formula is C18H19N3S. The van der Waals surface area contributed by atoms with E-state index in [1.165, 1.54) is 47.8 Å². The molecule has 2 heterocycles. The minimum atomic E-state index is 1.02. The molecule has 22 heavy (non-hydrogen) atoms. The number of nitrogens with zero attached hydrogens (tertiary/aromatic N) is 2. The maximum absolute atomic E-state index is 4.32. The van der Waals surface area contributed by atoms with Gasteiger partial charge in [-0.05, 0) is 61.7 Å². The van der Waals surface area contributed by atoms with Crippen LogP contribution in [0.2, 0.25) is 0 Å². The summed E-state index contributed by atoms with van der Waals surface area (Å²) in [5, 5.41) is 0. The summed E-state index contributed by atoms with van der Waals surface area (Å²) in [6.07, 6.45) is 5.76. The second-order valence-electron chi connectivity index (χ2n) is 5.73. The molecule has 4 rings (SSSR count). The average molecular weight is 309 g/mol. The van der Waals surface area contributed by atoms with Crippen LogP contribution in [0, 0.1) is 0 Å². The number of rotatable bonds is 3. The highest BCUT2D eigenvalue weighted by atomic mass is 32.2. The molecule has 1 saturated heterocycles. The van der Waals surface area contributed by atoms with Crippen LogP contribution >= 0.6 is 11.8 Å². The second-order valence-corrected chi connectivity index (χ2v) is 6.87. The Morgan fingerprint density at radius 2 is 1.68 bits per heavy atom. The number of anilines is 1. The number of aromatic nitrogens is 2. The fourth-order valence-corrected chi connectivity index (χ4v) is 3.84. The fourth-order valence-electron chi connectivity index (χ4n) is 2.99. The first-order valence-electron chi connectivity index (χ1n) is 7.84. The lowest BCUT2D eigenvalue weighted by atomic mass is 10.1. The number of piperidine rings is 1. The topological polar surface area (TPSA) is 31.9 Å². The quantitative estimate of drug-likeness (QED) is 0.760. The number of aromatic amines is 1. The van der Waals surface area contributed by atoms with Crippen LogP contribution in [0.15, 0.2) is 58.6 Å². The smallest absolute Gasteiger partial charge is 0.0931 e. The molecule has 0 radical (unpaired) electrons. The van der Waals surface area contributed by atoms with Gasteiger partial charge in [0.1, 0.15) is 0 Å². The average Bonchev–Trinajstić information content (AvgIpc) is 3.04. The largest absolute Gasteiger partial charge is 0.372 e. The molecule has 0 aliphatic carbocycles. The van der Waals surface area contributed by atoms with Gasteiger partial charge in [0.25, 0.3) is 0 Å². The van der Waals surface area contributed by atoms with E-state index in [-0.39, 0.29) is 0 Å². The first-order chi connectivity index (χ1) is 10.9. The predicted molar refractivity (Wildman–Crippen MR) is 92.7 cm³/mol. The van der Waals surface area contributed by atoms with Gasteiger partial charge in [0.15, 0.2) is 0 Å². The molecule has 1 aliphatic heterocycles. The van der Waals surface area contributed by atoms with E-state index in [0.29, 0.717) is 0 Å². The third-order valence-electron chi connectivity index (χ3n) is 4.19. The Balaban J connectivity index is 1.50. The Morgan fingerprint density at radius 1 is 0.909 bits per heavy atom. The van der Waals surface area contributed by atoms with Crippen LogP contribution in [0.5, 0.6) is 0 Å². The summed E-state index contributed by atoms with van der Waals surface area (Å²) in [5.74, 6) is 0. The molecule has 3 nitrogen and oxygen atoms in total. The van der Waals surface area contributed by atoms with Crippen molar-refractivity contribution in [3.8, 4) is 0 Å². The van der Waals surface area contributed by atoms with Gasteiger partial charge in [0.05, 0.1) is 17.4 Å². The molecule has 1 aromatic heterocycles. The number of hydrogen-bond acceptors (Lipinski definition) is 3. The van der Waals surface area contributed by atoms with Crippen LogP contribution < -0.4 is 4.90 Å². The molecule has 112 valence electrons. The van der Waals surface area contributed by atoms with Gasteiger partial charge in [-0.2, -0.15) is 0 Å². The van der Waals surface area contributed by atoms with Gasteiger partial charge >= 0.3 is 0 Å². The molecule has 1 fully saturated rings. The lowest BCUT2D eigenvalue weighted by molar-refractivity contribution is 0.578. The highest BCUT2D eigenvalue weighted by molar-refractivity contribution is 7.99. The molecule has 3 aromatic rings. The van der Waals surface area contributed by atoms with Gasteiger partial charge in [-0.1, -0.05) is 11.8 Å². The van der Waals surface area contributed by atoms with Crippen LogP contribution in [0.3, 0.4) is 0 Å². The van der Waals surface area contributed by atoms with E-state index >= 15 is 0 Å². The molecular weight excluding hydrogens is 290 g/mol. The number of imidazole rings is 1. The molecule has 0 bridgehead atoms. The van der Waals surface area contributed by atoms with Crippen molar-refractivity contribution in [2.75, 3.05) is 18.0 Å². The van der Waals surface area contributed by atoms with Gasteiger partial charge in [0.2, 0.25) is 0 Å².